The summed E-state index contributed by atoms with van der Waals surface area (Å²) in [6.45, 7) is 4.18. The molecule has 3 rings (SSSR count). The van der Waals surface area contributed by atoms with Crippen LogP contribution in [0.5, 0.6) is 0 Å². The number of nitrogens with two attached hydrogens (primary N) is 1. The molecule has 0 saturated heterocycles. The Bertz CT molecular complexity index is 722. The summed E-state index contributed by atoms with van der Waals surface area (Å²) in [5.74, 6) is 1.47. The summed E-state index contributed by atoms with van der Waals surface area (Å²) >= 11 is 0. The molecule has 0 aliphatic carbocycles. The van der Waals surface area contributed by atoms with Gasteiger partial charge in [0.2, 0.25) is 5.95 Å². The van der Waals surface area contributed by atoms with Gasteiger partial charge in [-0.15, -0.1) is 0 Å². The molecule has 3 heterocycles. The van der Waals surface area contributed by atoms with Crippen molar-refractivity contribution >= 4 is 17.1 Å². The van der Waals surface area contributed by atoms with Crippen molar-refractivity contribution < 1.29 is 4.42 Å². The molecular weight excluding hydrogens is 254 g/mol. The highest BCUT2D eigenvalue weighted by Crippen LogP contribution is 2.27. The van der Waals surface area contributed by atoms with Crippen LogP contribution in [0.3, 0.4) is 0 Å². The van der Waals surface area contributed by atoms with Crippen molar-refractivity contribution in [1.29, 1.82) is 0 Å². The van der Waals surface area contributed by atoms with E-state index in [4.69, 9.17) is 10.2 Å². The number of hydrogen-bond donors (Lipinski definition) is 1. The molecule has 1 unspecified atom stereocenters. The van der Waals surface area contributed by atoms with Gasteiger partial charge in [-0.1, -0.05) is 6.92 Å². The maximum atomic E-state index is 6.10. The van der Waals surface area contributed by atoms with Crippen LogP contribution in [0, 0.1) is 0 Å². The molecule has 0 radical (unpaired) electrons. The van der Waals surface area contributed by atoms with Crippen molar-refractivity contribution in [2.75, 3.05) is 5.73 Å². The third-order valence-electron chi connectivity index (χ3n) is 3.62. The Balaban J connectivity index is 2.06. The van der Waals surface area contributed by atoms with E-state index in [1.807, 2.05) is 28.4 Å². The van der Waals surface area contributed by atoms with Crippen molar-refractivity contribution in [3.05, 3.63) is 29.9 Å². The van der Waals surface area contributed by atoms with Crippen LogP contribution in [0.1, 0.15) is 31.3 Å². The van der Waals surface area contributed by atoms with Gasteiger partial charge in [0.05, 0.1) is 12.0 Å². The van der Waals surface area contributed by atoms with Crippen LogP contribution in [0.2, 0.25) is 0 Å². The van der Waals surface area contributed by atoms with Gasteiger partial charge < -0.3 is 10.2 Å². The Kier molecular flexibility index (Phi) is 3.00. The summed E-state index contributed by atoms with van der Waals surface area (Å²) < 4.78 is 9.30. The fourth-order valence-electron chi connectivity index (χ4n) is 2.70. The van der Waals surface area contributed by atoms with Gasteiger partial charge >= 0.3 is 0 Å². The van der Waals surface area contributed by atoms with Gasteiger partial charge in [0.25, 0.3) is 0 Å². The fraction of sp³-hybridized carbons (Fsp3) is 0.429. The molecule has 0 spiro atoms. The van der Waals surface area contributed by atoms with E-state index in [2.05, 4.69) is 23.9 Å². The predicted molar refractivity (Wildman–Crippen MR) is 77.4 cm³/mol. The molecule has 6 nitrogen and oxygen atoms in total. The topological polar surface area (TPSA) is 74.8 Å². The van der Waals surface area contributed by atoms with Crippen LogP contribution in [-0.4, -0.2) is 19.3 Å². The Labute approximate surface area is 117 Å². The summed E-state index contributed by atoms with van der Waals surface area (Å²) in [5, 5.41) is 4.50. The average Bonchev–Trinajstić information content (AvgIpc) is 3.08. The van der Waals surface area contributed by atoms with E-state index in [0.717, 1.165) is 35.5 Å². The first kappa shape index (κ1) is 12.8. The van der Waals surface area contributed by atoms with Gasteiger partial charge in [0.1, 0.15) is 11.3 Å². The molecule has 0 aromatic carbocycles. The Morgan fingerprint density at radius 2 is 2.25 bits per heavy atom. The van der Waals surface area contributed by atoms with Gasteiger partial charge in [-0.25, -0.2) is 4.98 Å². The molecule has 3 aromatic heterocycles. The summed E-state index contributed by atoms with van der Waals surface area (Å²) in [5.41, 5.74) is 8.96. The molecule has 0 aliphatic heterocycles. The molecule has 0 bridgehead atoms. The molecule has 2 N–H and O–H groups in total. The van der Waals surface area contributed by atoms with Crippen LogP contribution in [-0.2, 0) is 19.9 Å². The molecule has 20 heavy (non-hydrogen) atoms. The minimum atomic E-state index is 0.159. The summed E-state index contributed by atoms with van der Waals surface area (Å²) in [6.07, 6.45) is 3.31. The lowest BCUT2D eigenvalue weighted by atomic mass is 10.2. The summed E-state index contributed by atoms with van der Waals surface area (Å²) in [4.78, 5) is 4.48. The number of aromatic nitrogens is 4. The molecule has 0 amide bonds. The van der Waals surface area contributed by atoms with Crippen LogP contribution < -0.4 is 5.73 Å². The first-order valence-electron chi connectivity index (χ1n) is 6.83. The summed E-state index contributed by atoms with van der Waals surface area (Å²) in [7, 11) is 1.93. The monoisotopic (exact) mass is 273 g/mol. The third kappa shape index (κ3) is 1.88. The van der Waals surface area contributed by atoms with Gasteiger partial charge in [-0.2, -0.15) is 5.10 Å². The van der Waals surface area contributed by atoms with Crippen LogP contribution >= 0.6 is 0 Å². The van der Waals surface area contributed by atoms with Crippen molar-refractivity contribution in [2.45, 2.75) is 32.7 Å². The van der Waals surface area contributed by atoms with Crippen LogP contribution in [0.4, 0.5) is 5.95 Å². The highest BCUT2D eigenvalue weighted by Gasteiger charge is 2.21. The van der Waals surface area contributed by atoms with E-state index in [1.54, 1.807) is 6.26 Å². The Morgan fingerprint density at radius 3 is 2.90 bits per heavy atom. The number of hydrogen-bond acceptors (Lipinski definition) is 4. The number of anilines is 1. The molecule has 0 saturated carbocycles. The van der Waals surface area contributed by atoms with Crippen molar-refractivity contribution in [3.8, 4) is 0 Å². The molecule has 6 heteroatoms. The molecule has 3 aromatic rings. The fourth-order valence-corrected chi connectivity index (χ4v) is 2.70. The second-order valence-corrected chi connectivity index (χ2v) is 5.07. The van der Waals surface area contributed by atoms with Gasteiger partial charge in [0, 0.05) is 19.5 Å². The molecule has 106 valence electrons. The van der Waals surface area contributed by atoms with Crippen molar-refractivity contribution in [2.24, 2.45) is 7.05 Å². The number of nitrogens with zero attached hydrogens (tertiary/aromatic N) is 4. The first-order valence-corrected chi connectivity index (χ1v) is 6.83. The van der Waals surface area contributed by atoms with Crippen molar-refractivity contribution in [3.63, 3.8) is 0 Å². The SMILES string of the molecule is CCc1nn(C)c2c1nc(N)n2C(C)Cc1ccco1. The van der Waals surface area contributed by atoms with Gasteiger partial charge in [-0.3, -0.25) is 9.25 Å². The minimum Gasteiger partial charge on any atom is -0.469 e. The van der Waals surface area contributed by atoms with Gasteiger partial charge in [0.15, 0.2) is 5.65 Å². The van der Waals surface area contributed by atoms with E-state index >= 15 is 0 Å². The zero-order valence-electron chi connectivity index (χ0n) is 12.0. The molecule has 0 aliphatic rings. The van der Waals surface area contributed by atoms with E-state index in [1.165, 1.54) is 0 Å². The molecular formula is C14H19N5O. The lowest BCUT2D eigenvalue weighted by molar-refractivity contribution is 0.453. The smallest absolute Gasteiger partial charge is 0.202 e. The van der Waals surface area contributed by atoms with E-state index in [-0.39, 0.29) is 6.04 Å². The molecule has 1 atom stereocenters. The predicted octanol–water partition coefficient (Wildman–Crippen LogP) is 2.31. The zero-order chi connectivity index (χ0) is 14.3. The second kappa shape index (κ2) is 4.70. The number of nitrogen functional groups attached to an aromatic ring is 1. The van der Waals surface area contributed by atoms with E-state index < -0.39 is 0 Å². The Morgan fingerprint density at radius 1 is 1.45 bits per heavy atom. The standard InChI is InChI=1S/C14H19N5O/c1-4-11-12-13(18(3)17-11)19(14(15)16-12)9(2)8-10-6-5-7-20-10/h5-7,9H,4,8H2,1-3H3,(H2,15,16). The lowest BCUT2D eigenvalue weighted by Gasteiger charge is -2.14. The average molecular weight is 273 g/mol. The minimum absolute atomic E-state index is 0.159. The largest absolute Gasteiger partial charge is 0.469 e. The zero-order valence-corrected chi connectivity index (χ0v) is 12.0. The number of imidazole rings is 1. The number of rotatable bonds is 4. The van der Waals surface area contributed by atoms with E-state index in [0.29, 0.717) is 5.95 Å². The number of aryl methyl sites for hydroxylation is 2. The highest BCUT2D eigenvalue weighted by molar-refractivity contribution is 5.78. The number of fused-ring (bicyclic) bond motifs is 1. The molecule has 0 fully saturated rings. The van der Waals surface area contributed by atoms with E-state index in [9.17, 15) is 0 Å². The van der Waals surface area contributed by atoms with Crippen molar-refractivity contribution in [1.82, 2.24) is 19.3 Å². The Hall–Kier alpha value is -2.24. The maximum absolute atomic E-state index is 6.10. The summed E-state index contributed by atoms with van der Waals surface area (Å²) in [6, 6.07) is 4.03. The highest BCUT2D eigenvalue weighted by atomic mass is 16.3. The number of furan rings is 1. The normalized spacial score (nSPS) is 13.2. The first-order chi connectivity index (χ1) is 9.61. The maximum Gasteiger partial charge on any atom is 0.202 e. The second-order valence-electron chi connectivity index (χ2n) is 5.07. The quantitative estimate of drug-likeness (QED) is 0.791. The van der Waals surface area contributed by atoms with Gasteiger partial charge in [-0.05, 0) is 25.5 Å². The van der Waals surface area contributed by atoms with Crippen LogP contribution in [0.25, 0.3) is 11.2 Å². The third-order valence-corrected chi connectivity index (χ3v) is 3.62. The van der Waals surface area contributed by atoms with Crippen LogP contribution in [0.15, 0.2) is 22.8 Å². The lowest BCUT2D eigenvalue weighted by Crippen LogP contribution is -2.13.